The second-order valence-corrected chi connectivity index (χ2v) is 3.67. The smallest absolute Gasteiger partial charge is 0.267 e. The lowest BCUT2D eigenvalue weighted by Gasteiger charge is -2.00. The molecule has 66 valence electrons. The van der Waals surface area contributed by atoms with Crippen LogP contribution in [0.2, 0.25) is 0 Å². The number of aliphatic hydroxyl groups is 1. The van der Waals surface area contributed by atoms with E-state index in [1.54, 1.807) is 0 Å². The van der Waals surface area contributed by atoms with Crippen molar-refractivity contribution >= 4 is 10.1 Å². The first-order chi connectivity index (χ1) is 5.12. The molecule has 0 heterocycles. The Hall–Kier alpha value is -0.390. The SMILES string of the molecule is C=CCOS(=O)(=O)CCCO. The Bertz CT molecular complexity index is 195. The van der Waals surface area contributed by atoms with Crippen LogP contribution in [0.3, 0.4) is 0 Å². The largest absolute Gasteiger partial charge is 0.396 e. The number of hydrogen-bond acceptors (Lipinski definition) is 4. The molecule has 0 unspecified atom stereocenters. The van der Waals surface area contributed by atoms with Gasteiger partial charge >= 0.3 is 0 Å². The van der Waals surface area contributed by atoms with Gasteiger partial charge < -0.3 is 5.11 Å². The van der Waals surface area contributed by atoms with Gasteiger partial charge in [0, 0.05) is 6.61 Å². The Labute approximate surface area is 66.6 Å². The van der Waals surface area contributed by atoms with Crippen LogP contribution in [0, 0.1) is 0 Å². The summed E-state index contributed by atoms with van der Waals surface area (Å²) >= 11 is 0. The van der Waals surface area contributed by atoms with Crippen LogP contribution in [-0.2, 0) is 14.3 Å². The van der Waals surface area contributed by atoms with E-state index in [1.165, 1.54) is 6.08 Å². The average molecular weight is 180 g/mol. The van der Waals surface area contributed by atoms with Gasteiger partial charge in [-0.05, 0) is 6.42 Å². The van der Waals surface area contributed by atoms with E-state index in [1.807, 2.05) is 0 Å². The molecule has 5 heteroatoms. The third kappa shape index (κ3) is 6.03. The first-order valence-electron chi connectivity index (χ1n) is 3.21. The summed E-state index contributed by atoms with van der Waals surface area (Å²) in [4.78, 5) is 0. The summed E-state index contributed by atoms with van der Waals surface area (Å²) in [5.74, 6) is -0.142. The summed E-state index contributed by atoms with van der Waals surface area (Å²) in [5, 5.41) is 8.31. The zero-order valence-corrected chi connectivity index (χ0v) is 7.01. The molecule has 0 aromatic rings. The standard InChI is InChI=1S/C6H12O4S/c1-2-5-10-11(8,9)6-3-4-7/h2,7H,1,3-6H2. The van der Waals surface area contributed by atoms with Gasteiger partial charge in [0.25, 0.3) is 10.1 Å². The van der Waals surface area contributed by atoms with Crippen molar-refractivity contribution in [3.05, 3.63) is 12.7 Å². The van der Waals surface area contributed by atoms with Crippen LogP contribution >= 0.6 is 0 Å². The van der Waals surface area contributed by atoms with Crippen LogP contribution in [0.5, 0.6) is 0 Å². The molecule has 0 fully saturated rings. The van der Waals surface area contributed by atoms with Gasteiger partial charge in [-0.3, -0.25) is 4.18 Å². The van der Waals surface area contributed by atoms with E-state index in [0.29, 0.717) is 0 Å². The van der Waals surface area contributed by atoms with Crippen molar-refractivity contribution in [1.82, 2.24) is 0 Å². The predicted molar refractivity (Wildman–Crippen MR) is 41.6 cm³/mol. The highest BCUT2D eigenvalue weighted by molar-refractivity contribution is 7.86. The summed E-state index contributed by atoms with van der Waals surface area (Å²) < 4.78 is 26.0. The van der Waals surface area contributed by atoms with Crippen molar-refractivity contribution in [2.45, 2.75) is 6.42 Å². The van der Waals surface area contributed by atoms with Crippen molar-refractivity contribution in [3.63, 3.8) is 0 Å². The van der Waals surface area contributed by atoms with Gasteiger partial charge in [0.05, 0.1) is 12.4 Å². The van der Waals surface area contributed by atoms with Crippen LogP contribution in [0.1, 0.15) is 6.42 Å². The van der Waals surface area contributed by atoms with E-state index < -0.39 is 10.1 Å². The highest BCUT2D eigenvalue weighted by atomic mass is 32.2. The Morgan fingerprint density at radius 1 is 1.55 bits per heavy atom. The molecule has 0 amide bonds. The average Bonchev–Trinajstić information content (AvgIpc) is 1.97. The summed E-state index contributed by atoms with van der Waals surface area (Å²) in [6, 6.07) is 0. The van der Waals surface area contributed by atoms with E-state index in [4.69, 9.17) is 5.11 Å². The third-order valence-corrected chi connectivity index (χ3v) is 2.20. The van der Waals surface area contributed by atoms with E-state index in [2.05, 4.69) is 10.8 Å². The summed E-state index contributed by atoms with van der Waals surface area (Å²) in [7, 11) is -3.44. The molecule has 1 N–H and O–H groups in total. The van der Waals surface area contributed by atoms with Crippen LogP contribution in [0.15, 0.2) is 12.7 Å². The molecule has 0 aliphatic carbocycles. The predicted octanol–water partition coefficient (Wildman–Crippen LogP) is -0.0988. The summed E-state index contributed by atoms with van der Waals surface area (Å²) in [6.45, 7) is 3.16. The summed E-state index contributed by atoms with van der Waals surface area (Å²) in [6.07, 6.45) is 1.57. The maximum absolute atomic E-state index is 10.8. The highest BCUT2D eigenvalue weighted by Crippen LogP contribution is 1.95. The van der Waals surface area contributed by atoms with E-state index in [0.717, 1.165) is 0 Å². The molecule has 0 aromatic heterocycles. The van der Waals surface area contributed by atoms with Gasteiger partial charge in [-0.25, -0.2) is 0 Å². The minimum Gasteiger partial charge on any atom is -0.396 e. The number of hydrogen-bond donors (Lipinski definition) is 1. The monoisotopic (exact) mass is 180 g/mol. The van der Waals surface area contributed by atoms with Crippen LogP contribution in [-0.4, -0.2) is 32.5 Å². The lowest BCUT2D eigenvalue weighted by Crippen LogP contribution is -2.11. The molecule has 4 nitrogen and oxygen atoms in total. The topological polar surface area (TPSA) is 63.6 Å². The molecular formula is C6H12O4S. The third-order valence-electron chi connectivity index (χ3n) is 0.918. The molecule has 0 aliphatic heterocycles. The van der Waals surface area contributed by atoms with Crippen molar-refractivity contribution in [2.24, 2.45) is 0 Å². The van der Waals surface area contributed by atoms with Gasteiger partial charge in [-0.15, -0.1) is 6.58 Å². The Morgan fingerprint density at radius 2 is 2.18 bits per heavy atom. The Morgan fingerprint density at radius 3 is 2.64 bits per heavy atom. The van der Waals surface area contributed by atoms with E-state index in [9.17, 15) is 8.42 Å². The van der Waals surface area contributed by atoms with Gasteiger partial charge in [0.1, 0.15) is 0 Å². The fraction of sp³-hybridized carbons (Fsp3) is 0.667. The molecule has 0 radical (unpaired) electrons. The minimum absolute atomic E-state index is 0.00619. The van der Waals surface area contributed by atoms with E-state index >= 15 is 0 Å². The van der Waals surface area contributed by atoms with Gasteiger partial charge in [-0.1, -0.05) is 6.08 Å². The van der Waals surface area contributed by atoms with E-state index in [-0.39, 0.29) is 25.4 Å². The lowest BCUT2D eigenvalue weighted by molar-refractivity contribution is 0.291. The maximum Gasteiger partial charge on any atom is 0.267 e. The number of rotatable bonds is 6. The number of aliphatic hydroxyl groups excluding tert-OH is 1. The Balaban J connectivity index is 3.71. The fourth-order valence-corrected chi connectivity index (χ4v) is 1.36. The van der Waals surface area contributed by atoms with Crippen molar-refractivity contribution < 1.29 is 17.7 Å². The molecular weight excluding hydrogens is 168 g/mol. The van der Waals surface area contributed by atoms with Crippen molar-refractivity contribution in [3.8, 4) is 0 Å². The second kappa shape index (κ2) is 5.29. The van der Waals surface area contributed by atoms with Gasteiger partial charge in [-0.2, -0.15) is 8.42 Å². The lowest BCUT2D eigenvalue weighted by atomic mass is 10.5. The fourth-order valence-electron chi connectivity index (χ4n) is 0.452. The molecule has 0 saturated carbocycles. The first-order valence-corrected chi connectivity index (χ1v) is 4.79. The molecule has 0 rings (SSSR count). The van der Waals surface area contributed by atoms with Gasteiger partial charge in [0.15, 0.2) is 0 Å². The molecule has 0 aromatic carbocycles. The molecule has 0 bridgehead atoms. The zero-order chi connectivity index (χ0) is 8.74. The maximum atomic E-state index is 10.8. The van der Waals surface area contributed by atoms with Crippen molar-refractivity contribution in [1.29, 1.82) is 0 Å². The quantitative estimate of drug-likeness (QED) is 0.458. The zero-order valence-electron chi connectivity index (χ0n) is 6.19. The Kier molecular flexibility index (Phi) is 5.10. The molecule has 0 aliphatic rings. The molecule has 0 atom stereocenters. The first kappa shape index (κ1) is 10.6. The molecule has 11 heavy (non-hydrogen) atoms. The molecule has 0 spiro atoms. The minimum atomic E-state index is -3.44. The normalized spacial score (nSPS) is 11.4. The summed E-state index contributed by atoms with van der Waals surface area (Å²) in [5.41, 5.74) is 0. The van der Waals surface area contributed by atoms with Crippen LogP contribution in [0.25, 0.3) is 0 Å². The van der Waals surface area contributed by atoms with Crippen molar-refractivity contribution in [2.75, 3.05) is 19.0 Å². The van der Waals surface area contributed by atoms with Crippen LogP contribution in [0.4, 0.5) is 0 Å². The van der Waals surface area contributed by atoms with Gasteiger partial charge in [0.2, 0.25) is 0 Å². The van der Waals surface area contributed by atoms with Crippen LogP contribution < -0.4 is 0 Å². The highest BCUT2D eigenvalue weighted by Gasteiger charge is 2.08. The molecule has 0 saturated heterocycles. The second-order valence-electron chi connectivity index (χ2n) is 1.91.